The molecule has 0 bridgehead atoms. The van der Waals surface area contributed by atoms with Gasteiger partial charge in [-0.3, -0.25) is 4.57 Å². The molecule has 0 spiro atoms. The molecule has 0 saturated carbocycles. The van der Waals surface area contributed by atoms with Crippen molar-refractivity contribution in [3.63, 3.8) is 0 Å². The van der Waals surface area contributed by atoms with Crippen LogP contribution in [0, 0.1) is 5.92 Å². The van der Waals surface area contributed by atoms with Crippen LogP contribution in [0.2, 0.25) is 0 Å². The number of allylic oxidation sites excluding steroid dienone is 1. The SMILES string of the molecule is CCOC(=O)C(=C(C)C(CC)CC)P(=O)(O)O. The average molecular weight is 264 g/mol. The molecule has 0 amide bonds. The zero-order valence-corrected chi connectivity index (χ0v) is 11.7. The zero-order chi connectivity index (χ0) is 13.6. The van der Waals surface area contributed by atoms with Crippen LogP contribution in [0.3, 0.4) is 0 Å². The summed E-state index contributed by atoms with van der Waals surface area (Å²) >= 11 is 0. The van der Waals surface area contributed by atoms with Gasteiger partial charge in [-0.15, -0.1) is 0 Å². The van der Waals surface area contributed by atoms with Crippen LogP contribution in [0.1, 0.15) is 40.5 Å². The van der Waals surface area contributed by atoms with E-state index >= 15 is 0 Å². The third-order valence-corrected chi connectivity index (χ3v) is 3.85. The molecule has 0 rings (SSSR count). The number of rotatable bonds is 6. The van der Waals surface area contributed by atoms with Crippen molar-refractivity contribution in [3.8, 4) is 0 Å². The van der Waals surface area contributed by atoms with E-state index in [0.717, 1.165) is 12.8 Å². The predicted molar refractivity (Wildman–Crippen MR) is 65.4 cm³/mol. The Morgan fingerprint density at radius 3 is 2.00 bits per heavy atom. The smallest absolute Gasteiger partial charge is 0.363 e. The number of hydrogen-bond acceptors (Lipinski definition) is 3. The Morgan fingerprint density at radius 1 is 1.24 bits per heavy atom. The van der Waals surface area contributed by atoms with Gasteiger partial charge in [0.05, 0.1) is 6.61 Å². The highest BCUT2D eigenvalue weighted by Gasteiger charge is 2.33. The summed E-state index contributed by atoms with van der Waals surface area (Å²) in [6.07, 6.45) is 1.45. The third kappa shape index (κ3) is 4.62. The fourth-order valence-corrected chi connectivity index (χ4v) is 2.75. The Hall–Kier alpha value is -0.640. The summed E-state index contributed by atoms with van der Waals surface area (Å²) in [6, 6.07) is 0. The predicted octanol–water partition coefficient (Wildman–Crippen LogP) is 2.44. The zero-order valence-electron chi connectivity index (χ0n) is 10.8. The molecule has 5 nitrogen and oxygen atoms in total. The van der Waals surface area contributed by atoms with Gasteiger partial charge in [0.2, 0.25) is 0 Å². The fourth-order valence-electron chi connectivity index (χ4n) is 1.80. The minimum atomic E-state index is -4.59. The van der Waals surface area contributed by atoms with E-state index in [0.29, 0.717) is 5.57 Å². The quantitative estimate of drug-likeness (QED) is 0.437. The molecule has 0 radical (unpaired) electrons. The molecule has 0 heterocycles. The van der Waals surface area contributed by atoms with Gasteiger partial charge in [-0.05, 0) is 38.2 Å². The number of hydrogen-bond donors (Lipinski definition) is 2. The molecule has 0 aromatic carbocycles. The van der Waals surface area contributed by atoms with Gasteiger partial charge in [0.15, 0.2) is 0 Å². The average Bonchev–Trinajstić information content (AvgIpc) is 2.17. The Labute approximate surface area is 102 Å². The monoisotopic (exact) mass is 264 g/mol. The van der Waals surface area contributed by atoms with Crippen molar-refractivity contribution in [3.05, 3.63) is 10.9 Å². The Kier molecular flexibility index (Phi) is 6.68. The van der Waals surface area contributed by atoms with Crippen LogP contribution >= 0.6 is 7.60 Å². The Balaban J connectivity index is 5.52. The van der Waals surface area contributed by atoms with Crippen LogP contribution in [0.15, 0.2) is 10.9 Å². The van der Waals surface area contributed by atoms with Crippen LogP contribution in [-0.2, 0) is 14.1 Å². The van der Waals surface area contributed by atoms with Crippen LogP contribution in [-0.4, -0.2) is 22.4 Å². The second-order valence-electron chi connectivity index (χ2n) is 3.81. The van der Waals surface area contributed by atoms with Crippen molar-refractivity contribution in [2.24, 2.45) is 5.92 Å². The van der Waals surface area contributed by atoms with Gasteiger partial charge in [0, 0.05) is 0 Å². The Morgan fingerprint density at radius 2 is 1.71 bits per heavy atom. The molecular weight excluding hydrogens is 243 g/mol. The molecule has 0 aliphatic heterocycles. The summed E-state index contributed by atoms with van der Waals surface area (Å²) < 4.78 is 16.1. The molecule has 0 aliphatic rings. The lowest BCUT2D eigenvalue weighted by Gasteiger charge is -2.18. The number of carbonyl (C=O) groups excluding carboxylic acids is 1. The van der Waals surface area contributed by atoms with Crippen LogP contribution < -0.4 is 0 Å². The topological polar surface area (TPSA) is 83.8 Å². The molecule has 0 aromatic heterocycles. The molecule has 2 N–H and O–H groups in total. The standard InChI is InChI=1S/C11H21O5P/c1-5-9(6-2)8(4)10(17(13,14)15)11(12)16-7-3/h9H,5-7H2,1-4H3,(H2,13,14,15). The number of ether oxygens (including phenoxy) is 1. The van der Waals surface area contributed by atoms with Gasteiger partial charge in [-0.1, -0.05) is 13.8 Å². The molecule has 0 unspecified atom stereocenters. The highest BCUT2D eigenvalue weighted by atomic mass is 31.2. The van der Waals surface area contributed by atoms with Crippen molar-refractivity contribution >= 4 is 13.6 Å². The van der Waals surface area contributed by atoms with Crippen molar-refractivity contribution in [2.75, 3.05) is 6.61 Å². The fraction of sp³-hybridized carbons (Fsp3) is 0.727. The summed E-state index contributed by atoms with van der Waals surface area (Å²) in [5.74, 6) is -0.924. The van der Waals surface area contributed by atoms with Crippen LogP contribution in [0.4, 0.5) is 0 Å². The second kappa shape index (κ2) is 6.94. The molecule has 0 saturated heterocycles. The van der Waals surface area contributed by atoms with E-state index in [9.17, 15) is 19.1 Å². The highest BCUT2D eigenvalue weighted by Crippen LogP contribution is 2.48. The largest absolute Gasteiger partial charge is 0.462 e. The molecule has 0 aromatic rings. The first-order chi connectivity index (χ1) is 7.79. The maximum Gasteiger partial charge on any atom is 0.363 e. The van der Waals surface area contributed by atoms with Gasteiger partial charge in [0.25, 0.3) is 0 Å². The summed E-state index contributed by atoms with van der Waals surface area (Å²) in [5, 5.41) is -0.479. The van der Waals surface area contributed by atoms with E-state index in [2.05, 4.69) is 0 Å². The van der Waals surface area contributed by atoms with E-state index in [-0.39, 0.29) is 12.5 Å². The molecule has 100 valence electrons. The van der Waals surface area contributed by atoms with E-state index in [1.54, 1.807) is 13.8 Å². The van der Waals surface area contributed by atoms with E-state index < -0.39 is 18.9 Å². The maximum atomic E-state index is 11.6. The van der Waals surface area contributed by atoms with Crippen molar-refractivity contribution < 1.29 is 23.9 Å². The first-order valence-electron chi connectivity index (χ1n) is 5.73. The molecule has 6 heteroatoms. The lowest BCUT2D eigenvalue weighted by molar-refractivity contribution is -0.137. The van der Waals surface area contributed by atoms with Crippen molar-refractivity contribution in [2.45, 2.75) is 40.5 Å². The minimum Gasteiger partial charge on any atom is -0.462 e. The van der Waals surface area contributed by atoms with Crippen molar-refractivity contribution in [1.29, 1.82) is 0 Å². The van der Waals surface area contributed by atoms with Gasteiger partial charge in [0.1, 0.15) is 5.31 Å². The third-order valence-electron chi connectivity index (χ3n) is 2.73. The summed E-state index contributed by atoms with van der Waals surface area (Å²) in [7, 11) is -4.59. The second-order valence-corrected chi connectivity index (χ2v) is 5.34. The molecule has 0 aliphatic carbocycles. The van der Waals surface area contributed by atoms with Gasteiger partial charge < -0.3 is 14.5 Å². The van der Waals surface area contributed by atoms with E-state index in [1.807, 2.05) is 13.8 Å². The molecule has 17 heavy (non-hydrogen) atoms. The first kappa shape index (κ1) is 16.4. The van der Waals surface area contributed by atoms with E-state index in [4.69, 9.17) is 4.74 Å². The number of carbonyl (C=O) groups is 1. The van der Waals surface area contributed by atoms with Crippen LogP contribution in [0.5, 0.6) is 0 Å². The summed E-state index contributed by atoms with van der Waals surface area (Å²) in [4.78, 5) is 30.1. The first-order valence-corrected chi connectivity index (χ1v) is 7.34. The summed E-state index contributed by atoms with van der Waals surface area (Å²) in [6.45, 7) is 7.11. The highest BCUT2D eigenvalue weighted by molar-refractivity contribution is 7.58. The van der Waals surface area contributed by atoms with Crippen molar-refractivity contribution in [1.82, 2.24) is 0 Å². The van der Waals surface area contributed by atoms with Gasteiger partial charge in [-0.2, -0.15) is 0 Å². The van der Waals surface area contributed by atoms with Gasteiger partial charge >= 0.3 is 13.6 Å². The summed E-state index contributed by atoms with van der Waals surface area (Å²) in [5.41, 5.74) is 0.432. The molecular formula is C11H21O5P. The van der Waals surface area contributed by atoms with Crippen LogP contribution in [0.25, 0.3) is 0 Å². The lowest BCUT2D eigenvalue weighted by Crippen LogP contribution is -2.13. The van der Waals surface area contributed by atoms with E-state index in [1.165, 1.54) is 0 Å². The lowest BCUT2D eigenvalue weighted by atomic mass is 9.94. The molecule has 0 atom stereocenters. The Bertz CT molecular complexity index is 338. The van der Waals surface area contributed by atoms with Gasteiger partial charge in [-0.25, -0.2) is 4.79 Å². The number of esters is 1. The molecule has 0 fully saturated rings. The maximum absolute atomic E-state index is 11.6. The minimum absolute atomic E-state index is 0.0120. The normalized spacial score (nSPS) is 13.6.